The standard InChI is InChI=1S/C20H15F3N4O/c21-14-3-1-12(2-4-14)19-24-10-13-11-27(8-7-17(13)25-19)20(28)26-18-6-5-15(22)9-16(18)23/h1-6,9-10H,7-8,11H2,(H,26,28). The summed E-state index contributed by atoms with van der Waals surface area (Å²) in [5, 5.41) is 2.45. The summed E-state index contributed by atoms with van der Waals surface area (Å²) < 4.78 is 39.8. The number of rotatable bonds is 2. The molecule has 1 N–H and O–H groups in total. The summed E-state index contributed by atoms with van der Waals surface area (Å²) in [6, 6.07) is 8.39. The Balaban J connectivity index is 1.48. The number of carbonyl (C=O) groups excluding carboxylic acids is 1. The number of aromatic nitrogens is 2. The second-order valence-electron chi connectivity index (χ2n) is 6.40. The zero-order valence-electron chi connectivity index (χ0n) is 14.6. The first-order valence-corrected chi connectivity index (χ1v) is 8.61. The van der Waals surface area contributed by atoms with Gasteiger partial charge >= 0.3 is 6.03 Å². The van der Waals surface area contributed by atoms with E-state index in [1.54, 1.807) is 18.3 Å². The number of hydrogen-bond donors (Lipinski definition) is 1. The van der Waals surface area contributed by atoms with Gasteiger partial charge in [-0.1, -0.05) is 0 Å². The van der Waals surface area contributed by atoms with Crippen LogP contribution in [0.1, 0.15) is 11.3 Å². The van der Waals surface area contributed by atoms with Gasteiger partial charge in [-0.05, 0) is 36.4 Å². The Morgan fingerprint density at radius 1 is 1.04 bits per heavy atom. The van der Waals surface area contributed by atoms with Crippen molar-refractivity contribution in [3.63, 3.8) is 0 Å². The third-order valence-electron chi connectivity index (χ3n) is 4.50. The van der Waals surface area contributed by atoms with E-state index in [2.05, 4.69) is 15.3 Å². The van der Waals surface area contributed by atoms with Gasteiger partial charge in [-0.25, -0.2) is 27.9 Å². The van der Waals surface area contributed by atoms with Crippen molar-refractivity contribution in [2.45, 2.75) is 13.0 Å². The van der Waals surface area contributed by atoms with Gasteiger partial charge in [0.1, 0.15) is 17.5 Å². The minimum Gasteiger partial charge on any atom is -0.320 e. The molecule has 0 unspecified atom stereocenters. The molecule has 0 atom stereocenters. The Kier molecular flexibility index (Phi) is 4.68. The molecule has 142 valence electrons. The molecule has 4 rings (SSSR count). The zero-order valence-corrected chi connectivity index (χ0v) is 14.6. The van der Waals surface area contributed by atoms with Crippen molar-refractivity contribution in [2.75, 3.05) is 11.9 Å². The van der Waals surface area contributed by atoms with E-state index in [4.69, 9.17) is 0 Å². The number of nitrogens with zero attached hydrogens (tertiary/aromatic N) is 3. The molecule has 0 saturated carbocycles. The molecule has 2 amide bonds. The number of fused-ring (bicyclic) bond motifs is 1. The van der Waals surface area contributed by atoms with Crippen LogP contribution in [0.15, 0.2) is 48.7 Å². The van der Waals surface area contributed by atoms with Crippen LogP contribution in [0.2, 0.25) is 0 Å². The van der Waals surface area contributed by atoms with Gasteiger partial charge in [0.2, 0.25) is 0 Å². The topological polar surface area (TPSA) is 58.1 Å². The first kappa shape index (κ1) is 18.0. The summed E-state index contributed by atoms with van der Waals surface area (Å²) in [6.45, 7) is 0.662. The molecule has 8 heteroatoms. The predicted molar refractivity (Wildman–Crippen MR) is 96.9 cm³/mol. The summed E-state index contributed by atoms with van der Waals surface area (Å²) in [5.41, 5.74) is 2.22. The van der Waals surface area contributed by atoms with Gasteiger partial charge in [0.15, 0.2) is 5.82 Å². The Labute approximate surface area is 158 Å². The molecule has 3 aromatic rings. The molecule has 1 aliphatic rings. The fourth-order valence-electron chi connectivity index (χ4n) is 3.01. The number of hydrogen-bond acceptors (Lipinski definition) is 3. The van der Waals surface area contributed by atoms with E-state index in [0.717, 1.165) is 17.3 Å². The average molecular weight is 384 g/mol. The largest absolute Gasteiger partial charge is 0.322 e. The second-order valence-corrected chi connectivity index (χ2v) is 6.40. The first-order chi connectivity index (χ1) is 13.5. The van der Waals surface area contributed by atoms with Crippen LogP contribution >= 0.6 is 0 Å². The Morgan fingerprint density at radius 3 is 2.54 bits per heavy atom. The summed E-state index contributed by atoms with van der Waals surface area (Å²) in [7, 11) is 0. The number of amides is 2. The van der Waals surface area contributed by atoms with Gasteiger partial charge in [0.25, 0.3) is 0 Å². The molecule has 5 nitrogen and oxygen atoms in total. The van der Waals surface area contributed by atoms with Gasteiger partial charge < -0.3 is 10.2 Å². The molecular formula is C20H15F3N4O. The SMILES string of the molecule is O=C(Nc1ccc(F)cc1F)N1CCc2nc(-c3ccc(F)cc3)ncc2C1. The maximum atomic E-state index is 13.7. The number of halogens is 3. The third kappa shape index (κ3) is 3.66. The smallest absolute Gasteiger partial charge is 0.320 e. The zero-order chi connectivity index (χ0) is 19.7. The Bertz CT molecular complexity index is 1040. The van der Waals surface area contributed by atoms with E-state index < -0.39 is 17.7 Å². The van der Waals surface area contributed by atoms with E-state index in [0.29, 0.717) is 30.4 Å². The first-order valence-electron chi connectivity index (χ1n) is 8.61. The molecule has 0 radical (unpaired) electrons. The van der Waals surface area contributed by atoms with E-state index in [9.17, 15) is 18.0 Å². The minimum atomic E-state index is -0.835. The summed E-state index contributed by atoms with van der Waals surface area (Å²) in [6.07, 6.45) is 2.14. The molecule has 1 aromatic heterocycles. The molecular weight excluding hydrogens is 369 g/mol. The van der Waals surface area contributed by atoms with E-state index in [-0.39, 0.29) is 18.0 Å². The molecule has 0 spiro atoms. The van der Waals surface area contributed by atoms with Crippen LogP contribution in [-0.2, 0) is 13.0 Å². The number of carbonyl (C=O) groups is 1. The van der Waals surface area contributed by atoms with Crippen molar-refractivity contribution < 1.29 is 18.0 Å². The number of nitrogens with one attached hydrogen (secondary N) is 1. The number of anilines is 1. The van der Waals surface area contributed by atoms with Crippen molar-refractivity contribution in [1.29, 1.82) is 0 Å². The molecule has 2 heterocycles. The Hall–Kier alpha value is -3.42. The van der Waals surface area contributed by atoms with Crippen molar-refractivity contribution in [1.82, 2.24) is 14.9 Å². The van der Waals surface area contributed by atoms with Crippen molar-refractivity contribution in [3.05, 3.63) is 77.4 Å². The fourth-order valence-corrected chi connectivity index (χ4v) is 3.01. The molecule has 0 fully saturated rings. The lowest BCUT2D eigenvalue weighted by Gasteiger charge is -2.28. The minimum absolute atomic E-state index is 0.0832. The van der Waals surface area contributed by atoms with Crippen LogP contribution in [0.3, 0.4) is 0 Å². The number of benzene rings is 2. The van der Waals surface area contributed by atoms with Crippen molar-refractivity contribution in [3.8, 4) is 11.4 Å². The van der Waals surface area contributed by atoms with E-state index in [1.165, 1.54) is 23.1 Å². The second kappa shape index (κ2) is 7.30. The Morgan fingerprint density at radius 2 is 1.79 bits per heavy atom. The number of urea groups is 1. The van der Waals surface area contributed by atoms with Crippen molar-refractivity contribution >= 4 is 11.7 Å². The van der Waals surface area contributed by atoms with Gasteiger partial charge in [0.05, 0.1) is 17.9 Å². The lowest BCUT2D eigenvalue weighted by atomic mass is 10.1. The summed E-state index contributed by atoms with van der Waals surface area (Å²) >= 11 is 0. The normalized spacial score (nSPS) is 13.2. The van der Waals surface area contributed by atoms with Crippen LogP contribution in [0, 0.1) is 17.5 Å². The van der Waals surface area contributed by atoms with Crippen molar-refractivity contribution in [2.24, 2.45) is 0 Å². The fraction of sp³-hybridized carbons (Fsp3) is 0.150. The summed E-state index contributed by atoms with van der Waals surface area (Å²) in [5.74, 6) is -1.39. The highest BCUT2D eigenvalue weighted by Crippen LogP contribution is 2.22. The molecule has 0 bridgehead atoms. The van der Waals surface area contributed by atoms with Crippen LogP contribution in [0.25, 0.3) is 11.4 Å². The molecule has 28 heavy (non-hydrogen) atoms. The van der Waals surface area contributed by atoms with Gasteiger partial charge in [-0.15, -0.1) is 0 Å². The van der Waals surface area contributed by atoms with E-state index >= 15 is 0 Å². The maximum Gasteiger partial charge on any atom is 0.322 e. The van der Waals surface area contributed by atoms with Crippen LogP contribution in [-0.4, -0.2) is 27.4 Å². The molecule has 2 aromatic carbocycles. The molecule has 0 saturated heterocycles. The highest BCUT2D eigenvalue weighted by Gasteiger charge is 2.23. The van der Waals surface area contributed by atoms with Crippen LogP contribution in [0.4, 0.5) is 23.7 Å². The van der Waals surface area contributed by atoms with Gasteiger partial charge in [-0.2, -0.15) is 0 Å². The third-order valence-corrected chi connectivity index (χ3v) is 4.50. The molecule has 1 aliphatic heterocycles. The quantitative estimate of drug-likeness (QED) is 0.722. The molecule has 0 aliphatic carbocycles. The maximum absolute atomic E-state index is 13.7. The predicted octanol–water partition coefficient (Wildman–Crippen LogP) is 4.15. The highest BCUT2D eigenvalue weighted by molar-refractivity contribution is 5.89. The summed E-state index contributed by atoms with van der Waals surface area (Å²) in [4.78, 5) is 22.7. The highest BCUT2D eigenvalue weighted by atomic mass is 19.1. The van der Waals surface area contributed by atoms with Crippen LogP contribution in [0.5, 0.6) is 0 Å². The van der Waals surface area contributed by atoms with Gasteiger partial charge in [0, 0.05) is 36.4 Å². The lowest BCUT2D eigenvalue weighted by Crippen LogP contribution is -2.39. The monoisotopic (exact) mass is 384 g/mol. The van der Waals surface area contributed by atoms with E-state index in [1.807, 2.05) is 0 Å². The van der Waals surface area contributed by atoms with Gasteiger partial charge in [-0.3, -0.25) is 0 Å². The lowest BCUT2D eigenvalue weighted by molar-refractivity contribution is 0.205. The average Bonchev–Trinajstić information content (AvgIpc) is 2.70. The van der Waals surface area contributed by atoms with Crippen LogP contribution < -0.4 is 5.32 Å².